The molecule has 2 aromatic heterocycles. The summed E-state index contributed by atoms with van der Waals surface area (Å²) in [6.07, 6.45) is -3.60. The SMILES string of the molecule is C[C@@H]1COCCN1c1cc(=O)n2c(n1)N(Cc1ccc(F)nc1)[C@H](C(F)(F)F)CC2. The third-order valence-electron chi connectivity index (χ3n) is 5.42. The highest BCUT2D eigenvalue weighted by molar-refractivity contribution is 5.48. The third kappa shape index (κ3) is 3.98. The normalized spacial score (nSPS) is 22.2. The van der Waals surface area contributed by atoms with E-state index in [4.69, 9.17) is 4.74 Å². The van der Waals surface area contributed by atoms with Crippen molar-refractivity contribution in [2.24, 2.45) is 0 Å². The Hall–Kier alpha value is -2.69. The molecule has 4 rings (SSSR count). The highest BCUT2D eigenvalue weighted by atomic mass is 19.4. The average Bonchev–Trinajstić information content (AvgIpc) is 2.69. The van der Waals surface area contributed by atoms with Crippen LogP contribution in [0.5, 0.6) is 0 Å². The van der Waals surface area contributed by atoms with Gasteiger partial charge in [-0.25, -0.2) is 4.98 Å². The molecule has 0 amide bonds. The van der Waals surface area contributed by atoms with Gasteiger partial charge in [-0.05, 0) is 25.0 Å². The van der Waals surface area contributed by atoms with Crippen LogP contribution in [0.15, 0.2) is 29.2 Å². The van der Waals surface area contributed by atoms with Gasteiger partial charge in [0, 0.05) is 31.9 Å². The summed E-state index contributed by atoms with van der Waals surface area (Å²) in [5, 5.41) is 0. The van der Waals surface area contributed by atoms with Gasteiger partial charge in [-0.15, -0.1) is 0 Å². The maximum Gasteiger partial charge on any atom is 0.408 e. The fourth-order valence-corrected chi connectivity index (χ4v) is 3.89. The van der Waals surface area contributed by atoms with Crippen LogP contribution in [-0.2, 0) is 17.8 Å². The van der Waals surface area contributed by atoms with Gasteiger partial charge in [-0.1, -0.05) is 6.07 Å². The maximum absolute atomic E-state index is 13.8. The van der Waals surface area contributed by atoms with Crippen molar-refractivity contribution in [3.63, 3.8) is 0 Å². The summed E-state index contributed by atoms with van der Waals surface area (Å²) in [6.45, 7) is 2.99. The maximum atomic E-state index is 13.8. The fourth-order valence-electron chi connectivity index (χ4n) is 3.89. The number of aromatic nitrogens is 3. The van der Waals surface area contributed by atoms with Gasteiger partial charge in [-0.3, -0.25) is 9.36 Å². The van der Waals surface area contributed by atoms with Gasteiger partial charge in [0.15, 0.2) is 0 Å². The molecule has 0 radical (unpaired) electrons. The van der Waals surface area contributed by atoms with Crippen molar-refractivity contribution in [2.75, 3.05) is 29.6 Å². The Kier molecular flexibility index (Phi) is 5.39. The summed E-state index contributed by atoms with van der Waals surface area (Å²) in [5.41, 5.74) is -0.0185. The molecule has 0 aromatic carbocycles. The molecule has 162 valence electrons. The molecule has 2 atom stereocenters. The largest absolute Gasteiger partial charge is 0.408 e. The molecule has 4 heterocycles. The number of morpholine rings is 1. The van der Waals surface area contributed by atoms with Crippen molar-refractivity contribution in [1.29, 1.82) is 0 Å². The predicted molar refractivity (Wildman–Crippen MR) is 101 cm³/mol. The van der Waals surface area contributed by atoms with Crippen molar-refractivity contribution < 1.29 is 22.3 Å². The van der Waals surface area contributed by atoms with E-state index < -0.39 is 23.7 Å². The smallest absolute Gasteiger partial charge is 0.377 e. The van der Waals surface area contributed by atoms with Crippen molar-refractivity contribution >= 4 is 11.8 Å². The van der Waals surface area contributed by atoms with Crippen LogP contribution in [0.3, 0.4) is 0 Å². The number of alkyl halides is 3. The van der Waals surface area contributed by atoms with Crippen LogP contribution in [0.4, 0.5) is 29.3 Å². The van der Waals surface area contributed by atoms with Crippen LogP contribution < -0.4 is 15.4 Å². The summed E-state index contributed by atoms with van der Waals surface area (Å²) in [4.78, 5) is 23.6. The molecule has 0 bridgehead atoms. The number of hydrogen-bond acceptors (Lipinski definition) is 6. The molecule has 0 unspecified atom stereocenters. The van der Waals surface area contributed by atoms with Crippen molar-refractivity contribution in [2.45, 2.75) is 44.7 Å². The van der Waals surface area contributed by atoms with E-state index in [9.17, 15) is 22.4 Å². The lowest BCUT2D eigenvalue weighted by molar-refractivity contribution is -0.153. The molecule has 11 heteroatoms. The van der Waals surface area contributed by atoms with E-state index in [1.165, 1.54) is 22.9 Å². The Morgan fingerprint density at radius 2 is 2.07 bits per heavy atom. The molecule has 0 N–H and O–H groups in total. The molecule has 0 aliphatic carbocycles. The van der Waals surface area contributed by atoms with Crippen LogP contribution in [-0.4, -0.2) is 52.6 Å². The van der Waals surface area contributed by atoms with E-state index >= 15 is 0 Å². The van der Waals surface area contributed by atoms with E-state index in [0.717, 1.165) is 11.0 Å². The highest BCUT2D eigenvalue weighted by Crippen LogP contribution is 2.35. The number of rotatable bonds is 3. The van der Waals surface area contributed by atoms with Crippen LogP contribution in [0.1, 0.15) is 18.9 Å². The van der Waals surface area contributed by atoms with Gasteiger partial charge in [0.2, 0.25) is 11.9 Å². The zero-order chi connectivity index (χ0) is 21.5. The number of hydrogen-bond donors (Lipinski definition) is 0. The first kappa shape index (κ1) is 20.6. The van der Waals surface area contributed by atoms with Gasteiger partial charge in [0.25, 0.3) is 5.56 Å². The second-order valence-electron chi connectivity index (χ2n) is 7.48. The standard InChI is InChI=1S/C19H21F4N5O2/c1-12-11-30-7-6-26(12)16-8-17(29)27-5-4-14(19(21,22)23)28(18(27)25-16)10-13-2-3-15(20)24-9-13/h2-3,8-9,12,14H,4-7,10-11H2,1H3/t12-,14+/m1/s1. The fraction of sp³-hybridized carbons (Fsp3) is 0.526. The van der Waals surface area contributed by atoms with Crippen LogP contribution in [0, 0.1) is 5.95 Å². The lowest BCUT2D eigenvalue weighted by Gasteiger charge is -2.40. The molecule has 30 heavy (non-hydrogen) atoms. The van der Waals surface area contributed by atoms with Gasteiger partial charge >= 0.3 is 6.18 Å². The summed E-state index contributed by atoms with van der Waals surface area (Å²) in [6, 6.07) is 1.95. The molecule has 2 aromatic rings. The van der Waals surface area contributed by atoms with Crippen LogP contribution in [0.2, 0.25) is 0 Å². The van der Waals surface area contributed by atoms with Gasteiger partial charge < -0.3 is 14.5 Å². The summed E-state index contributed by atoms with van der Waals surface area (Å²) < 4.78 is 61.2. The Bertz CT molecular complexity index is 963. The van der Waals surface area contributed by atoms with Crippen molar-refractivity contribution in [3.05, 3.63) is 46.3 Å². The average molecular weight is 427 g/mol. The number of fused-ring (bicyclic) bond motifs is 1. The highest BCUT2D eigenvalue weighted by Gasteiger charge is 2.47. The Labute approximate surface area is 169 Å². The first-order valence-corrected chi connectivity index (χ1v) is 9.64. The second kappa shape index (κ2) is 7.86. The first-order valence-electron chi connectivity index (χ1n) is 9.64. The summed E-state index contributed by atoms with van der Waals surface area (Å²) in [7, 11) is 0. The minimum absolute atomic E-state index is 0.0471. The van der Waals surface area contributed by atoms with Gasteiger partial charge in [-0.2, -0.15) is 22.5 Å². The minimum atomic E-state index is -4.52. The van der Waals surface area contributed by atoms with Crippen molar-refractivity contribution in [1.82, 2.24) is 14.5 Å². The Morgan fingerprint density at radius 1 is 1.27 bits per heavy atom. The Balaban J connectivity index is 1.78. The predicted octanol–water partition coefficient (Wildman–Crippen LogP) is 2.34. The molecule has 7 nitrogen and oxygen atoms in total. The van der Waals surface area contributed by atoms with Gasteiger partial charge in [0.05, 0.1) is 19.3 Å². The van der Waals surface area contributed by atoms with E-state index in [1.54, 1.807) is 0 Å². The first-order chi connectivity index (χ1) is 14.2. The van der Waals surface area contributed by atoms with Crippen LogP contribution >= 0.6 is 0 Å². The molecule has 0 spiro atoms. The number of halogens is 4. The van der Waals surface area contributed by atoms with E-state index in [-0.39, 0.29) is 31.5 Å². The lowest BCUT2D eigenvalue weighted by atomic mass is 10.1. The minimum Gasteiger partial charge on any atom is -0.377 e. The monoisotopic (exact) mass is 427 g/mol. The van der Waals surface area contributed by atoms with E-state index in [1.807, 2.05) is 11.8 Å². The molecule has 2 aliphatic heterocycles. The van der Waals surface area contributed by atoms with Gasteiger partial charge in [0.1, 0.15) is 11.9 Å². The summed E-state index contributed by atoms with van der Waals surface area (Å²) in [5.74, 6) is -0.440. The second-order valence-corrected chi connectivity index (χ2v) is 7.48. The number of nitrogens with zero attached hydrogens (tertiary/aromatic N) is 5. The third-order valence-corrected chi connectivity index (χ3v) is 5.42. The Morgan fingerprint density at radius 3 is 2.73 bits per heavy atom. The number of anilines is 2. The summed E-state index contributed by atoms with van der Waals surface area (Å²) >= 11 is 0. The topological polar surface area (TPSA) is 63.5 Å². The molecule has 0 saturated carbocycles. The quantitative estimate of drug-likeness (QED) is 0.554. The van der Waals surface area contributed by atoms with E-state index in [0.29, 0.717) is 31.1 Å². The van der Waals surface area contributed by atoms with E-state index in [2.05, 4.69) is 9.97 Å². The number of pyridine rings is 1. The van der Waals surface area contributed by atoms with Crippen molar-refractivity contribution in [3.8, 4) is 0 Å². The molecule has 1 saturated heterocycles. The molecule has 2 aliphatic rings. The molecular formula is C19H21F4N5O2. The zero-order valence-corrected chi connectivity index (χ0v) is 16.3. The zero-order valence-electron chi connectivity index (χ0n) is 16.3. The molecular weight excluding hydrogens is 406 g/mol. The van der Waals surface area contributed by atoms with Crippen LogP contribution in [0.25, 0.3) is 0 Å². The lowest BCUT2D eigenvalue weighted by Crippen LogP contribution is -2.52. The molecule has 1 fully saturated rings. The number of ether oxygens (including phenoxy) is 1.